The number of fused-ring (bicyclic) bond motifs is 1. The molecule has 1 aliphatic rings. The van der Waals surface area contributed by atoms with E-state index in [0.717, 1.165) is 22.7 Å². The molecule has 1 atom stereocenters. The highest BCUT2D eigenvalue weighted by Crippen LogP contribution is 2.29. The van der Waals surface area contributed by atoms with Crippen LogP contribution in [-0.4, -0.2) is 53.8 Å². The topological polar surface area (TPSA) is 141 Å². The molecule has 1 aromatic carbocycles. The molecular weight excluding hydrogens is 504 g/mol. The maximum atomic E-state index is 13.3. The number of amides is 1. The predicted molar refractivity (Wildman–Crippen MR) is 125 cm³/mol. The Morgan fingerprint density at radius 3 is 2.76 bits per heavy atom. The zero-order valence-corrected chi connectivity index (χ0v) is 20.4. The van der Waals surface area contributed by atoms with Gasteiger partial charge in [-0.3, -0.25) is 19.7 Å². The lowest BCUT2D eigenvalue weighted by Gasteiger charge is -2.31. The highest BCUT2D eigenvalue weighted by atomic mass is 32.2. The molecule has 11 nitrogen and oxygen atoms in total. The zero-order valence-electron chi connectivity index (χ0n) is 17.9. The Bertz CT molecular complexity index is 1420. The van der Waals surface area contributed by atoms with Gasteiger partial charge < -0.3 is 9.30 Å². The molecule has 180 valence electrons. The van der Waals surface area contributed by atoms with Crippen LogP contribution in [0, 0.1) is 10.1 Å². The Morgan fingerprint density at radius 1 is 1.29 bits per heavy atom. The number of ether oxygens (including phenoxy) is 1. The molecule has 34 heavy (non-hydrogen) atoms. The fourth-order valence-electron chi connectivity index (χ4n) is 3.74. The molecule has 3 aromatic rings. The van der Waals surface area contributed by atoms with Crippen LogP contribution >= 0.6 is 22.7 Å². The average molecular weight is 525 g/mol. The molecule has 0 radical (unpaired) electrons. The normalized spacial score (nSPS) is 17.7. The molecule has 14 heteroatoms. The number of aromatic nitrogens is 1. The highest BCUT2D eigenvalue weighted by Gasteiger charge is 2.38. The van der Waals surface area contributed by atoms with Gasteiger partial charge in [0.2, 0.25) is 0 Å². The van der Waals surface area contributed by atoms with Crippen molar-refractivity contribution in [1.29, 1.82) is 0 Å². The number of nitro benzene ring substituents is 1. The van der Waals surface area contributed by atoms with Crippen molar-refractivity contribution < 1.29 is 27.7 Å². The second-order valence-corrected chi connectivity index (χ2v) is 11.5. The maximum absolute atomic E-state index is 13.3. The van der Waals surface area contributed by atoms with Gasteiger partial charge in [-0.1, -0.05) is 23.8 Å². The van der Waals surface area contributed by atoms with Crippen LogP contribution in [0.2, 0.25) is 0 Å². The van der Waals surface area contributed by atoms with Crippen molar-refractivity contribution >= 4 is 60.5 Å². The first-order valence-electron chi connectivity index (χ1n) is 10.2. The summed E-state index contributed by atoms with van der Waals surface area (Å²) < 4.78 is 34.3. The Balaban J connectivity index is 1.78. The van der Waals surface area contributed by atoms with Crippen LogP contribution in [0.25, 0.3) is 10.2 Å². The van der Waals surface area contributed by atoms with E-state index < -0.39 is 32.9 Å². The summed E-state index contributed by atoms with van der Waals surface area (Å²) in [5, 5.41) is 12.9. The number of thiazole rings is 1. The molecule has 1 aliphatic heterocycles. The van der Waals surface area contributed by atoms with Crippen molar-refractivity contribution in [2.75, 3.05) is 13.7 Å². The van der Waals surface area contributed by atoms with Crippen molar-refractivity contribution in [3.63, 3.8) is 0 Å². The number of thiophene rings is 1. The third kappa shape index (κ3) is 4.66. The number of hydrogen-bond acceptors (Lipinski definition) is 9. The van der Waals surface area contributed by atoms with E-state index in [-0.39, 0.29) is 27.8 Å². The van der Waals surface area contributed by atoms with Gasteiger partial charge in [-0.25, -0.2) is 8.42 Å². The SMILES string of the molecule is COC(=O)Cn1c(=NC(=O)C2CCCCN2S(=O)(=O)c2cccs2)sc2ccc([N+](=O)[O-])cc21. The van der Waals surface area contributed by atoms with Crippen molar-refractivity contribution in [2.45, 2.75) is 36.1 Å². The van der Waals surface area contributed by atoms with Crippen molar-refractivity contribution in [1.82, 2.24) is 8.87 Å². The van der Waals surface area contributed by atoms with Gasteiger partial charge in [0.05, 0.1) is 22.2 Å². The highest BCUT2D eigenvalue weighted by molar-refractivity contribution is 7.91. The molecule has 1 unspecified atom stereocenters. The van der Waals surface area contributed by atoms with E-state index >= 15 is 0 Å². The number of rotatable bonds is 6. The molecule has 4 rings (SSSR count). The van der Waals surface area contributed by atoms with E-state index in [2.05, 4.69) is 4.99 Å². The van der Waals surface area contributed by atoms with Gasteiger partial charge in [0.25, 0.3) is 21.6 Å². The van der Waals surface area contributed by atoms with E-state index in [1.165, 1.54) is 40.2 Å². The largest absolute Gasteiger partial charge is 0.468 e. The standard InChI is InChI=1S/C20H20N4O7S3/c1-31-17(25)12-22-15-11-13(24(27)28)7-8-16(15)33-20(22)21-19(26)14-5-2-3-9-23(14)34(29,30)18-6-4-10-32-18/h4,6-8,10-11,14H,2-3,5,9,12H2,1H3. The molecule has 0 saturated carbocycles. The molecule has 0 N–H and O–H groups in total. The Kier molecular flexibility index (Phi) is 6.93. The van der Waals surface area contributed by atoms with Crippen molar-refractivity contribution in [3.05, 3.63) is 50.6 Å². The maximum Gasteiger partial charge on any atom is 0.325 e. The smallest absolute Gasteiger partial charge is 0.325 e. The quantitative estimate of drug-likeness (QED) is 0.274. The van der Waals surface area contributed by atoms with Crippen LogP contribution in [-0.2, 0) is 30.9 Å². The monoisotopic (exact) mass is 524 g/mol. The first kappa shape index (κ1) is 24.2. The number of non-ortho nitro benzene ring substituents is 1. The number of carbonyl (C=O) groups is 2. The molecule has 0 aliphatic carbocycles. The summed E-state index contributed by atoms with van der Waals surface area (Å²) in [6, 6.07) is 6.29. The molecular formula is C20H20N4O7S3. The van der Waals surface area contributed by atoms with Crippen LogP contribution in [0.15, 0.2) is 44.9 Å². The number of sulfonamides is 1. The van der Waals surface area contributed by atoms with Gasteiger partial charge >= 0.3 is 5.97 Å². The van der Waals surface area contributed by atoms with Crippen LogP contribution in [0.4, 0.5) is 5.69 Å². The Labute approximate surface area is 202 Å². The lowest BCUT2D eigenvalue weighted by Crippen LogP contribution is -2.47. The molecule has 1 fully saturated rings. The third-order valence-corrected chi connectivity index (χ3v) is 9.73. The average Bonchev–Trinajstić information content (AvgIpc) is 3.48. The number of carbonyl (C=O) groups excluding carboxylic acids is 2. The van der Waals surface area contributed by atoms with E-state index in [1.54, 1.807) is 11.4 Å². The molecule has 1 amide bonds. The van der Waals surface area contributed by atoms with Crippen molar-refractivity contribution in [2.24, 2.45) is 4.99 Å². The summed E-state index contributed by atoms with van der Waals surface area (Å²) in [7, 11) is -2.65. The number of nitro groups is 1. The second kappa shape index (κ2) is 9.74. The summed E-state index contributed by atoms with van der Waals surface area (Å²) in [6.45, 7) is -0.113. The van der Waals surface area contributed by atoms with Gasteiger partial charge in [0.1, 0.15) is 16.8 Å². The third-order valence-electron chi connectivity index (χ3n) is 5.39. The number of benzene rings is 1. The number of piperidine rings is 1. The summed E-state index contributed by atoms with van der Waals surface area (Å²) >= 11 is 2.15. The molecule has 0 bridgehead atoms. The van der Waals surface area contributed by atoms with E-state index in [1.807, 2.05) is 0 Å². The van der Waals surface area contributed by atoms with Gasteiger partial charge in [-0.05, 0) is 30.4 Å². The van der Waals surface area contributed by atoms with Crippen LogP contribution in [0.5, 0.6) is 0 Å². The fraction of sp³-hybridized carbons (Fsp3) is 0.350. The van der Waals surface area contributed by atoms with Gasteiger partial charge in [0, 0.05) is 18.7 Å². The Morgan fingerprint density at radius 2 is 2.09 bits per heavy atom. The summed E-state index contributed by atoms with van der Waals surface area (Å²) in [6.07, 6.45) is 1.62. The van der Waals surface area contributed by atoms with Crippen molar-refractivity contribution in [3.8, 4) is 0 Å². The van der Waals surface area contributed by atoms with Crippen LogP contribution in [0.3, 0.4) is 0 Å². The first-order chi connectivity index (χ1) is 16.2. The second-order valence-electron chi connectivity index (χ2n) is 7.47. The lowest BCUT2D eigenvalue weighted by atomic mass is 10.0. The number of hydrogen-bond donors (Lipinski definition) is 0. The summed E-state index contributed by atoms with van der Waals surface area (Å²) in [5.41, 5.74) is 0.171. The molecule has 2 aromatic heterocycles. The van der Waals surface area contributed by atoms with Gasteiger partial charge in [-0.15, -0.1) is 11.3 Å². The number of methoxy groups -OCH3 is 1. The van der Waals surface area contributed by atoms with Gasteiger partial charge in [0.15, 0.2) is 4.80 Å². The molecule has 3 heterocycles. The Hall–Kier alpha value is -2.94. The number of esters is 1. The minimum absolute atomic E-state index is 0.130. The number of nitrogens with zero attached hydrogens (tertiary/aromatic N) is 4. The molecule has 0 spiro atoms. The first-order valence-corrected chi connectivity index (χ1v) is 13.3. The van der Waals surface area contributed by atoms with Crippen LogP contribution < -0.4 is 4.80 Å². The lowest BCUT2D eigenvalue weighted by molar-refractivity contribution is -0.384. The summed E-state index contributed by atoms with van der Waals surface area (Å²) in [4.78, 5) is 40.2. The fourth-order valence-corrected chi connectivity index (χ4v) is 7.52. The minimum atomic E-state index is -3.86. The van der Waals surface area contributed by atoms with Gasteiger partial charge in [-0.2, -0.15) is 9.30 Å². The molecule has 1 saturated heterocycles. The van der Waals surface area contributed by atoms with Crippen LogP contribution in [0.1, 0.15) is 19.3 Å². The van der Waals surface area contributed by atoms with E-state index in [4.69, 9.17) is 4.74 Å². The van der Waals surface area contributed by atoms with E-state index in [9.17, 15) is 28.1 Å². The predicted octanol–water partition coefficient (Wildman–Crippen LogP) is 2.52. The minimum Gasteiger partial charge on any atom is -0.468 e. The zero-order chi connectivity index (χ0) is 24.5. The van der Waals surface area contributed by atoms with E-state index in [0.29, 0.717) is 29.5 Å². The summed E-state index contributed by atoms with van der Waals surface area (Å²) in [5.74, 6) is -1.28.